The Bertz CT molecular complexity index is 426. The fourth-order valence-corrected chi connectivity index (χ4v) is 1.13. The van der Waals surface area contributed by atoms with Crippen molar-refractivity contribution in [2.24, 2.45) is 0 Å². The summed E-state index contributed by atoms with van der Waals surface area (Å²) in [7, 11) is 0. The number of nitriles is 1. The maximum absolute atomic E-state index is 13.1. The number of anilines is 1. The molecule has 1 aromatic rings. The van der Waals surface area contributed by atoms with Gasteiger partial charge >= 0.3 is 0 Å². The summed E-state index contributed by atoms with van der Waals surface area (Å²) in [6.45, 7) is 0. The predicted molar refractivity (Wildman–Crippen MR) is 50.6 cm³/mol. The van der Waals surface area contributed by atoms with Crippen LogP contribution >= 0.6 is 11.6 Å². The van der Waals surface area contributed by atoms with E-state index in [2.05, 4.69) is 0 Å². The third-order valence-corrected chi connectivity index (χ3v) is 1.92. The van der Waals surface area contributed by atoms with E-state index in [1.165, 1.54) is 6.07 Å². The number of alkyl halides is 1. The van der Waals surface area contributed by atoms with E-state index in [9.17, 15) is 9.18 Å². The van der Waals surface area contributed by atoms with Crippen LogP contribution in [0.15, 0.2) is 12.1 Å². The van der Waals surface area contributed by atoms with Crippen molar-refractivity contribution >= 4 is 23.1 Å². The maximum Gasteiger partial charge on any atom is 0.179 e. The lowest BCUT2D eigenvalue weighted by Crippen LogP contribution is -2.07. The van der Waals surface area contributed by atoms with Gasteiger partial charge in [0.25, 0.3) is 0 Å². The minimum Gasteiger partial charge on any atom is -0.396 e. The summed E-state index contributed by atoms with van der Waals surface area (Å²) in [5, 5.41) is 8.53. The molecule has 72 valence electrons. The molecule has 5 heteroatoms. The van der Waals surface area contributed by atoms with E-state index in [0.717, 1.165) is 6.07 Å². The van der Waals surface area contributed by atoms with Crippen LogP contribution in [0.3, 0.4) is 0 Å². The Morgan fingerprint density at radius 2 is 2.29 bits per heavy atom. The van der Waals surface area contributed by atoms with Gasteiger partial charge in [-0.15, -0.1) is 11.6 Å². The molecular weight excluding hydrogens is 207 g/mol. The second-order valence-electron chi connectivity index (χ2n) is 2.59. The van der Waals surface area contributed by atoms with E-state index >= 15 is 0 Å². The van der Waals surface area contributed by atoms with Crippen LogP contribution < -0.4 is 5.73 Å². The summed E-state index contributed by atoms with van der Waals surface area (Å²) in [4.78, 5) is 11.2. The highest BCUT2D eigenvalue weighted by molar-refractivity contribution is 6.31. The van der Waals surface area contributed by atoms with E-state index in [-0.39, 0.29) is 22.7 Å². The fraction of sp³-hybridized carbons (Fsp3) is 0.111. The summed E-state index contributed by atoms with van der Waals surface area (Å²) in [6.07, 6.45) is 0. The van der Waals surface area contributed by atoms with Gasteiger partial charge in [-0.05, 0) is 12.1 Å². The Kier molecular flexibility index (Phi) is 3.05. The highest BCUT2D eigenvalue weighted by Crippen LogP contribution is 2.19. The second kappa shape index (κ2) is 4.07. The van der Waals surface area contributed by atoms with Crippen molar-refractivity contribution in [1.82, 2.24) is 0 Å². The third kappa shape index (κ3) is 1.83. The number of nitrogens with zero attached hydrogens (tertiary/aromatic N) is 1. The van der Waals surface area contributed by atoms with E-state index in [1.807, 2.05) is 0 Å². The molecule has 0 aromatic heterocycles. The Hall–Kier alpha value is -1.60. The first-order valence-corrected chi connectivity index (χ1v) is 4.22. The largest absolute Gasteiger partial charge is 0.396 e. The Morgan fingerprint density at radius 1 is 1.64 bits per heavy atom. The van der Waals surface area contributed by atoms with Gasteiger partial charge in [0.05, 0.1) is 23.2 Å². The zero-order valence-electron chi connectivity index (χ0n) is 7.05. The predicted octanol–water partition coefficient (Wildman–Crippen LogP) is 1.70. The first-order valence-electron chi connectivity index (χ1n) is 3.68. The second-order valence-corrected chi connectivity index (χ2v) is 2.86. The van der Waals surface area contributed by atoms with Crippen molar-refractivity contribution < 1.29 is 9.18 Å². The lowest BCUT2D eigenvalue weighted by atomic mass is 10.1. The number of rotatable bonds is 2. The van der Waals surface area contributed by atoms with Crippen molar-refractivity contribution in [1.29, 1.82) is 5.26 Å². The van der Waals surface area contributed by atoms with Crippen LogP contribution in [0.1, 0.15) is 15.9 Å². The van der Waals surface area contributed by atoms with Crippen molar-refractivity contribution in [2.75, 3.05) is 11.6 Å². The van der Waals surface area contributed by atoms with Crippen LogP contribution in [0.4, 0.5) is 10.1 Å². The average molecular weight is 213 g/mol. The molecule has 0 aliphatic rings. The number of nitrogen functional groups attached to an aromatic ring is 1. The minimum absolute atomic E-state index is 0.0449. The molecule has 0 saturated carbocycles. The van der Waals surface area contributed by atoms with Crippen molar-refractivity contribution in [3.63, 3.8) is 0 Å². The number of Topliss-reactive ketones (excluding diaryl/α,β-unsaturated/α-hetero) is 1. The molecule has 2 N–H and O–H groups in total. The van der Waals surface area contributed by atoms with Gasteiger partial charge in [-0.2, -0.15) is 5.26 Å². The molecule has 0 fully saturated rings. The number of nitrogens with two attached hydrogens (primary N) is 1. The van der Waals surface area contributed by atoms with Gasteiger partial charge < -0.3 is 5.73 Å². The molecular formula is C9H6ClFN2O. The molecule has 0 atom stereocenters. The standard InChI is InChI=1S/C9H6ClFN2O/c10-3-8(14)6-1-5(4-12)2-7(11)9(6)13/h1-2H,3,13H2. The zero-order chi connectivity index (χ0) is 10.7. The molecule has 1 aromatic carbocycles. The molecule has 0 radical (unpaired) electrons. The van der Waals surface area contributed by atoms with Crippen LogP contribution in [-0.2, 0) is 0 Å². The number of hydrogen-bond donors (Lipinski definition) is 1. The number of hydrogen-bond acceptors (Lipinski definition) is 3. The Balaban J connectivity index is 3.36. The van der Waals surface area contributed by atoms with Crippen LogP contribution in [0.5, 0.6) is 0 Å². The van der Waals surface area contributed by atoms with E-state index < -0.39 is 11.6 Å². The summed E-state index contributed by atoms with van der Waals surface area (Å²) >= 11 is 5.30. The first-order chi connectivity index (χ1) is 6.60. The van der Waals surface area contributed by atoms with Gasteiger partial charge in [-0.1, -0.05) is 0 Å². The number of carbonyl (C=O) groups excluding carboxylic acids is 1. The summed E-state index contributed by atoms with van der Waals surface area (Å²) in [6, 6.07) is 3.92. The monoisotopic (exact) mass is 212 g/mol. The summed E-state index contributed by atoms with van der Waals surface area (Å²) in [5.74, 6) is -1.57. The number of benzene rings is 1. The molecule has 14 heavy (non-hydrogen) atoms. The van der Waals surface area contributed by atoms with Crippen LogP contribution in [-0.4, -0.2) is 11.7 Å². The van der Waals surface area contributed by atoms with Crippen molar-refractivity contribution in [3.05, 3.63) is 29.1 Å². The van der Waals surface area contributed by atoms with Gasteiger partial charge in [0, 0.05) is 5.56 Å². The lowest BCUT2D eigenvalue weighted by Gasteiger charge is -2.04. The molecule has 3 nitrogen and oxygen atoms in total. The van der Waals surface area contributed by atoms with E-state index in [0.29, 0.717) is 0 Å². The lowest BCUT2D eigenvalue weighted by molar-refractivity contribution is 0.102. The molecule has 0 aliphatic heterocycles. The van der Waals surface area contributed by atoms with E-state index in [1.54, 1.807) is 6.07 Å². The topological polar surface area (TPSA) is 66.9 Å². The van der Waals surface area contributed by atoms with Gasteiger partial charge in [0.1, 0.15) is 5.82 Å². The van der Waals surface area contributed by atoms with Gasteiger partial charge in [-0.3, -0.25) is 4.79 Å². The Morgan fingerprint density at radius 3 is 2.79 bits per heavy atom. The number of ketones is 1. The SMILES string of the molecule is N#Cc1cc(F)c(N)c(C(=O)CCl)c1. The fourth-order valence-electron chi connectivity index (χ4n) is 0.985. The van der Waals surface area contributed by atoms with Crippen LogP contribution in [0.25, 0.3) is 0 Å². The number of halogens is 2. The van der Waals surface area contributed by atoms with Crippen LogP contribution in [0, 0.1) is 17.1 Å². The van der Waals surface area contributed by atoms with Crippen molar-refractivity contribution in [2.45, 2.75) is 0 Å². The molecule has 1 rings (SSSR count). The average Bonchev–Trinajstić information content (AvgIpc) is 2.20. The summed E-state index contributed by atoms with van der Waals surface area (Å²) < 4.78 is 13.1. The molecule has 0 amide bonds. The molecule has 0 spiro atoms. The highest BCUT2D eigenvalue weighted by atomic mass is 35.5. The van der Waals surface area contributed by atoms with Crippen LogP contribution in [0.2, 0.25) is 0 Å². The van der Waals surface area contributed by atoms with Gasteiger partial charge in [-0.25, -0.2) is 4.39 Å². The number of carbonyl (C=O) groups is 1. The normalized spacial score (nSPS) is 9.50. The van der Waals surface area contributed by atoms with E-state index in [4.69, 9.17) is 22.6 Å². The quantitative estimate of drug-likeness (QED) is 0.461. The zero-order valence-corrected chi connectivity index (χ0v) is 7.81. The maximum atomic E-state index is 13.1. The molecule has 0 unspecified atom stereocenters. The minimum atomic E-state index is -0.780. The molecule has 0 heterocycles. The third-order valence-electron chi connectivity index (χ3n) is 1.68. The van der Waals surface area contributed by atoms with Gasteiger partial charge in [0.2, 0.25) is 0 Å². The molecule has 0 saturated heterocycles. The molecule has 0 bridgehead atoms. The first kappa shape index (κ1) is 10.5. The van der Waals surface area contributed by atoms with Gasteiger partial charge in [0.15, 0.2) is 5.78 Å². The highest BCUT2D eigenvalue weighted by Gasteiger charge is 2.13. The Labute approximate surface area is 84.9 Å². The van der Waals surface area contributed by atoms with Crippen molar-refractivity contribution in [3.8, 4) is 6.07 Å². The molecule has 0 aliphatic carbocycles. The smallest absolute Gasteiger partial charge is 0.179 e. The summed E-state index contributed by atoms with van der Waals surface area (Å²) in [5.41, 5.74) is 5.05.